The van der Waals surface area contributed by atoms with Crippen LogP contribution in [-0.4, -0.2) is 22.6 Å². The molecule has 0 unspecified atom stereocenters. The minimum atomic E-state index is -0.622. The van der Waals surface area contributed by atoms with Gasteiger partial charge in [0.05, 0.1) is 18.0 Å². The van der Waals surface area contributed by atoms with Crippen LogP contribution in [0.2, 0.25) is 0 Å². The van der Waals surface area contributed by atoms with Crippen LogP contribution in [0.3, 0.4) is 0 Å². The molecule has 1 amide bonds. The molecule has 3 aromatic rings. The number of aromatic nitrogens is 2. The first-order valence-corrected chi connectivity index (χ1v) is 7.24. The number of carbonyl (C=O) groups is 1. The molecule has 2 aromatic carbocycles. The van der Waals surface area contributed by atoms with Crippen molar-refractivity contribution in [3.8, 4) is 5.75 Å². The number of H-pyrrole nitrogens is 1. The van der Waals surface area contributed by atoms with Gasteiger partial charge in [0.15, 0.2) is 0 Å². The Hall–Kier alpha value is -3.35. The van der Waals surface area contributed by atoms with Gasteiger partial charge in [0.2, 0.25) is 5.91 Å². The van der Waals surface area contributed by atoms with Crippen LogP contribution < -0.4 is 21.3 Å². The molecule has 122 valence electrons. The number of anilines is 1. The van der Waals surface area contributed by atoms with E-state index < -0.39 is 11.2 Å². The first-order chi connectivity index (χ1) is 11.6. The second-order valence-electron chi connectivity index (χ2n) is 5.14. The lowest BCUT2D eigenvalue weighted by molar-refractivity contribution is -0.116. The normalized spacial score (nSPS) is 10.5. The highest BCUT2D eigenvalue weighted by Crippen LogP contribution is 2.15. The van der Waals surface area contributed by atoms with Crippen LogP contribution in [0.1, 0.15) is 0 Å². The molecule has 0 aliphatic carbocycles. The van der Waals surface area contributed by atoms with Crippen molar-refractivity contribution in [1.29, 1.82) is 0 Å². The number of hydrogen-bond acceptors (Lipinski definition) is 4. The van der Waals surface area contributed by atoms with Gasteiger partial charge in [-0.25, -0.2) is 4.79 Å². The molecule has 2 N–H and O–H groups in total. The van der Waals surface area contributed by atoms with E-state index in [4.69, 9.17) is 4.74 Å². The molecule has 0 fully saturated rings. The molecule has 0 atom stereocenters. The van der Waals surface area contributed by atoms with Gasteiger partial charge in [-0.2, -0.15) is 0 Å². The highest BCUT2D eigenvalue weighted by atomic mass is 16.5. The lowest BCUT2D eigenvalue weighted by atomic mass is 10.2. The molecule has 0 spiro atoms. The number of fused-ring (bicyclic) bond motifs is 1. The maximum atomic E-state index is 12.2. The maximum Gasteiger partial charge on any atom is 0.329 e. The Bertz CT molecular complexity index is 1000. The van der Waals surface area contributed by atoms with E-state index in [0.717, 1.165) is 0 Å². The van der Waals surface area contributed by atoms with Crippen molar-refractivity contribution in [1.82, 2.24) is 9.55 Å². The zero-order valence-corrected chi connectivity index (χ0v) is 12.9. The maximum absolute atomic E-state index is 12.2. The fraction of sp³-hybridized carbons (Fsp3) is 0.118. The minimum Gasteiger partial charge on any atom is -0.497 e. The zero-order chi connectivity index (χ0) is 17.1. The van der Waals surface area contributed by atoms with E-state index in [0.29, 0.717) is 22.3 Å². The first kappa shape index (κ1) is 15.5. The summed E-state index contributed by atoms with van der Waals surface area (Å²) in [6.45, 7) is -0.206. The Morgan fingerprint density at radius 3 is 2.54 bits per heavy atom. The minimum absolute atomic E-state index is 0.206. The Balaban J connectivity index is 1.88. The number of carbonyl (C=O) groups excluding carboxylic acids is 1. The monoisotopic (exact) mass is 325 g/mol. The predicted octanol–water partition coefficient (Wildman–Crippen LogP) is 1.34. The van der Waals surface area contributed by atoms with Crippen molar-refractivity contribution in [3.05, 3.63) is 69.4 Å². The molecule has 0 aliphatic heterocycles. The van der Waals surface area contributed by atoms with E-state index in [-0.39, 0.29) is 12.5 Å². The SMILES string of the molecule is COc1ccc(NC(=O)Cn2c(=O)[nH]c(=O)c3ccccc32)cc1. The molecule has 7 heteroatoms. The molecule has 0 saturated heterocycles. The summed E-state index contributed by atoms with van der Waals surface area (Å²) < 4.78 is 6.28. The third-order valence-corrected chi connectivity index (χ3v) is 3.58. The van der Waals surface area contributed by atoms with Gasteiger partial charge in [-0.1, -0.05) is 12.1 Å². The van der Waals surface area contributed by atoms with Crippen molar-refractivity contribution in [2.24, 2.45) is 0 Å². The van der Waals surface area contributed by atoms with Crippen molar-refractivity contribution >= 4 is 22.5 Å². The topological polar surface area (TPSA) is 93.2 Å². The summed E-state index contributed by atoms with van der Waals surface area (Å²) in [5.74, 6) is 0.301. The van der Waals surface area contributed by atoms with E-state index in [2.05, 4.69) is 10.3 Å². The molecule has 0 aliphatic rings. The number of rotatable bonds is 4. The van der Waals surface area contributed by atoms with Gasteiger partial charge in [-0.05, 0) is 36.4 Å². The lowest BCUT2D eigenvalue weighted by Crippen LogP contribution is -2.33. The van der Waals surface area contributed by atoms with Crippen LogP contribution in [0, 0.1) is 0 Å². The Morgan fingerprint density at radius 1 is 1.12 bits per heavy atom. The average molecular weight is 325 g/mol. The number of nitrogens with one attached hydrogen (secondary N) is 2. The van der Waals surface area contributed by atoms with Gasteiger partial charge in [0.25, 0.3) is 5.56 Å². The summed E-state index contributed by atoms with van der Waals surface area (Å²) in [6, 6.07) is 13.5. The van der Waals surface area contributed by atoms with Crippen LogP contribution >= 0.6 is 0 Å². The lowest BCUT2D eigenvalue weighted by Gasteiger charge is -2.10. The van der Waals surface area contributed by atoms with Gasteiger partial charge >= 0.3 is 5.69 Å². The van der Waals surface area contributed by atoms with Crippen LogP contribution in [0.25, 0.3) is 10.9 Å². The highest BCUT2D eigenvalue weighted by Gasteiger charge is 2.11. The summed E-state index contributed by atoms with van der Waals surface area (Å²) in [7, 11) is 1.56. The number of ether oxygens (including phenoxy) is 1. The first-order valence-electron chi connectivity index (χ1n) is 7.24. The Kier molecular flexibility index (Phi) is 4.15. The average Bonchev–Trinajstić information content (AvgIpc) is 2.59. The molecule has 0 saturated carbocycles. The van der Waals surface area contributed by atoms with Crippen LogP contribution in [0.4, 0.5) is 5.69 Å². The van der Waals surface area contributed by atoms with Crippen molar-refractivity contribution in [2.75, 3.05) is 12.4 Å². The van der Waals surface area contributed by atoms with Crippen molar-refractivity contribution in [3.63, 3.8) is 0 Å². The van der Waals surface area contributed by atoms with Gasteiger partial charge in [0, 0.05) is 5.69 Å². The number of para-hydroxylation sites is 1. The summed E-state index contributed by atoms with van der Waals surface area (Å²) in [5.41, 5.74) is -0.0929. The van der Waals surface area contributed by atoms with Crippen molar-refractivity contribution < 1.29 is 9.53 Å². The second kappa shape index (κ2) is 6.41. The summed E-state index contributed by atoms with van der Waals surface area (Å²) in [6.07, 6.45) is 0. The Labute approximate surface area is 136 Å². The molecule has 1 aromatic heterocycles. The quantitative estimate of drug-likeness (QED) is 0.757. The Morgan fingerprint density at radius 2 is 1.83 bits per heavy atom. The van der Waals surface area contributed by atoms with Crippen LogP contribution in [0.5, 0.6) is 5.75 Å². The molecular weight excluding hydrogens is 310 g/mol. The van der Waals surface area contributed by atoms with Gasteiger partial charge in [0.1, 0.15) is 12.3 Å². The fourth-order valence-electron chi connectivity index (χ4n) is 2.42. The predicted molar refractivity (Wildman–Crippen MR) is 90.5 cm³/mol. The van der Waals surface area contributed by atoms with E-state index in [1.54, 1.807) is 55.6 Å². The molecule has 0 radical (unpaired) electrons. The highest BCUT2D eigenvalue weighted by molar-refractivity contribution is 5.91. The van der Waals surface area contributed by atoms with Gasteiger partial charge < -0.3 is 10.1 Å². The molecule has 7 nitrogen and oxygen atoms in total. The molecule has 24 heavy (non-hydrogen) atoms. The number of amides is 1. The van der Waals surface area contributed by atoms with E-state index >= 15 is 0 Å². The molecular formula is C17H15N3O4. The largest absolute Gasteiger partial charge is 0.497 e. The second-order valence-corrected chi connectivity index (χ2v) is 5.14. The number of hydrogen-bond donors (Lipinski definition) is 2. The smallest absolute Gasteiger partial charge is 0.329 e. The summed E-state index contributed by atoms with van der Waals surface area (Å²) in [5, 5.41) is 3.06. The number of methoxy groups -OCH3 is 1. The standard InChI is InChI=1S/C17H15N3O4/c1-24-12-8-6-11(7-9-12)18-15(21)10-20-14-5-3-2-4-13(14)16(22)19-17(20)23/h2-9H,10H2,1H3,(H,18,21)(H,19,22,23). The third kappa shape index (κ3) is 3.05. The van der Waals surface area contributed by atoms with E-state index in [1.807, 2.05) is 0 Å². The zero-order valence-electron chi connectivity index (χ0n) is 12.9. The summed E-state index contributed by atoms with van der Waals surface area (Å²) >= 11 is 0. The number of benzene rings is 2. The molecule has 1 heterocycles. The fourth-order valence-corrected chi connectivity index (χ4v) is 2.42. The molecule has 0 bridgehead atoms. The van der Waals surface area contributed by atoms with Crippen LogP contribution in [0.15, 0.2) is 58.1 Å². The summed E-state index contributed by atoms with van der Waals surface area (Å²) in [4.78, 5) is 38.3. The van der Waals surface area contributed by atoms with E-state index in [1.165, 1.54) is 4.57 Å². The van der Waals surface area contributed by atoms with E-state index in [9.17, 15) is 14.4 Å². The number of nitrogens with zero attached hydrogens (tertiary/aromatic N) is 1. The number of aromatic amines is 1. The molecule has 3 rings (SSSR count). The van der Waals surface area contributed by atoms with Crippen LogP contribution in [-0.2, 0) is 11.3 Å². The third-order valence-electron chi connectivity index (χ3n) is 3.58. The van der Waals surface area contributed by atoms with Gasteiger partial charge in [-0.3, -0.25) is 19.1 Å². The van der Waals surface area contributed by atoms with Gasteiger partial charge in [-0.15, -0.1) is 0 Å². The van der Waals surface area contributed by atoms with Crippen molar-refractivity contribution in [2.45, 2.75) is 6.54 Å².